The van der Waals surface area contributed by atoms with E-state index in [1.165, 1.54) is 7.11 Å². The molecular formula is C11H15NO3. The summed E-state index contributed by atoms with van der Waals surface area (Å²) < 4.78 is 9.60. The third kappa shape index (κ3) is 3.99. The third-order valence-corrected chi connectivity index (χ3v) is 2.01. The fourth-order valence-corrected chi connectivity index (χ4v) is 1.21. The number of ether oxygens (including phenoxy) is 2. The van der Waals surface area contributed by atoms with Crippen LogP contribution in [0.5, 0.6) is 0 Å². The summed E-state index contributed by atoms with van der Waals surface area (Å²) in [6, 6.07) is 9.79. The van der Waals surface area contributed by atoms with Gasteiger partial charge >= 0.3 is 6.09 Å². The maximum atomic E-state index is 11.0. The van der Waals surface area contributed by atoms with Crippen molar-refractivity contribution in [2.75, 3.05) is 14.2 Å². The van der Waals surface area contributed by atoms with Crippen molar-refractivity contribution < 1.29 is 14.3 Å². The van der Waals surface area contributed by atoms with E-state index in [0.29, 0.717) is 6.42 Å². The lowest BCUT2D eigenvalue weighted by atomic mass is 10.1. The fraction of sp³-hybridized carbons (Fsp3) is 0.364. The molecular weight excluding hydrogens is 194 g/mol. The van der Waals surface area contributed by atoms with Crippen LogP contribution in [0.1, 0.15) is 5.56 Å². The topological polar surface area (TPSA) is 47.6 Å². The van der Waals surface area contributed by atoms with Gasteiger partial charge in [-0.1, -0.05) is 30.3 Å². The number of alkyl carbamates (subject to hydrolysis) is 1. The highest BCUT2D eigenvalue weighted by molar-refractivity contribution is 5.67. The lowest BCUT2D eigenvalue weighted by molar-refractivity contribution is 0.0675. The van der Waals surface area contributed by atoms with Crippen LogP contribution in [0.3, 0.4) is 0 Å². The van der Waals surface area contributed by atoms with Gasteiger partial charge in [-0.15, -0.1) is 0 Å². The Labute approximate surface area is 89.2 Å². The van der Waals surface area contributed by atoms with E-state index in [1.807, 2.05) is 30.3 Å². The summed E-state index contributed by atoms with van der Waals surface area (Å²) in [5.41, 5.74) is 1.10. The average molecular weight is 209 g/mol. The highest BCUT2D eigenvalue weighted by Gasteiger charge is 2.11. The van der Waals surface area contributed by atoms with Crippen LogP contribution in [0.15, 0.2) is 30.3 Å². The minimum Gasteiger partial charge on any atom is -0.453 e. The van der Waals surface area contributed by atoms with Crippen molar-refractivity contribution in [1.29, 1.82) is 0 Å². The van der Waals surface area contributed by atoms with Crippen molar-refractivity contribution in [3.63, 3.8) is 0 Å². The molecule has 82 valence electrons. The molecule has 0 aliphatic heterocycles. The monoisotopic (exact) mass is 209 g/mol. The molecule has 1 aromatic rings. The number of methoxy groups -OCH3 is 2. The summed E-state index contributed by atoms with van der Waals surface area (Å²) in [6.45, 7) is 0. The first-order valence-electron chi connectivity index (χ1n) is 4.67. The number of carbonyl (C=O) groups is 1. The molecule has 1 atom stereocenters. The Bertz CT molecular complexity index is 300. The van der Waals surface area contributed by atoms with Crippen LogP contribution in [-0.2, 0) is 15.9 Å². The zero-order chi connectivity index (χ0) is 11.1. The van der Waals surface area contributed by atoms with E-state index in [-0.39, 0.29) is 6.23 Å². The highest BCUT2D eigenvalue weighted by Crippen LogP contribution is 2.03. The lowest BCUT2D eigenvalue weighted by Gasteiger charge is -2.16. The van der Waals surface area contributed by atoms with Crippen molar-refractivity contribution in [3.05, 3.63) is 35.9 Å². The molecule has 4 heteroatoms. The van der Waals surface area contributed by atoms with Crippen LogP contribution in [0.25, 0.3) is 0 Å². The van der Waals surface area contributed by atoms with E-state index in [9.17, 15) is 4.79 Å². The molecule has 0 saturated carbocycles. The Balaban J connectivity index is 2.50. The minimum atomic E-state index is -0.488. The van der Waals surface area contributed by atoms with Gasteiger partial charge in [-0.3, -0.25) is 5.32 Å². The number of amides is 1. The molecule has 1 rings (SSSR count). The number of rotatable bonds is 4. The Kier molecular flexibility index (Phi) is 4.63. The molecule has 0 fully saturated rings. The Morgan fingerprint density at radius 3 is 2.53 bits per heavy atom. The normalized spacial score (nSPS) is 11.9. The fourth-order valence-electron chi connectivity index (χ4n) is 1.21. The quantitative estimate of drug-likeness (QED) is 0.765. The summed E-state index contributed by atoms with van der Waals surface area (Å²) in [5, 5.41) is 2.58. The van der Waals surface area contributed by atoms with Gasteiger partial charge < -0.3 is 9.47 Å². The van der Waals surface area contributed by atoms with E-state index in [1.54, 1.807) is 7.11 Å². The molecule has 0 aromatic heterocycles. The lowest BCUT2D eigenvalue weighted by Crippen LogP contribution is -2.37. The predicted molar refractivity (Wildman–Crippen MR) is 56.5 cm³/mol. The van der Waals surface area contributed by atoms with E-state index in [0.717, 1.165) is 5.56 Å². The summed E-state index contributed by atoms with van der Waals surface area (Å²) in [5.74, 6) is 0. The Hall–Kier alpha value is -1.55. The molecule has 0 bridgehead atoms. The maximum Gasteiger partial charge on any atom is 0.408 e. The minimum absolute atomic E-state index is 0.361. The van der Waals surface area contributed by atoms with E-state index >= 15 is 0 Å². The molecule has 0 heterocycles. The summed E-state index contributed by atoms with van der Waals surface area (Å²) in [7, 11) is 2.87. The second-order valence-electron chi connectivity index (χ2n) is 3.05. The Morgan fingerprint density at radius 1 is 1.33 bits per heavy atom. The molecule has 0 saturated heterocycles. The smallest absolute Gasteiger partial charge is 0.408 e. The highest BCUT2D eigenvalue weighted by atomic mass is 16.6. The van der Waals surface area contributed by atoms with Gasteiger partial charge in [-0.2, -0.15) is 0 Å². The molecule has 1 aromatic carbocycles. The van der Waals surface area contributed by atoms with Gasteiger partial charge in [0.2, 0.25) is 0 Å². The zero-order valence-electron chi connectivity index (χ0n) is 8.90. The van der Waals surface area contributed by atoms with Crippen LogP contribution in [-0.4, -0.2) is 26.5 Å². The number of hydrogen-bond donors (Lipinski definition) is 1. The number of hydrogen-bond acceptors (Lipinski definition) is 3. The molecule has 1 unspecified atom stereocenters. The molecule has 0 radical (unpaired) electrons. The number of nitrogens with one attached hydrogen (secondary N) is 1. The molecule has 1 N–H and O–H groups in total. The SMILES string of the molecule is COC(=O)NC(Cc1ccccc1)OC. The van der Waals surface area contributed by atoms with Crippen LogP contribution >= 0.6 is 0 Å². The van der Waals surface area contributed by atoms with E-state index in [4.69, 9.17) is 4.74 Å². The number of benzene rings is 1. The first-order valence-corrected chi connectivity index (χ1v) is 4.67. The molecule has 0 aliphatic carbocycles. The molecule has 0 aliphatic rings. The van der Waals surface area contributed by atoms with Gasteiger partial charge in [0.25, 0.3) is 0 Å². The van der Waals surface area contributed by atoms with Gasteiger partial charge in [0.15, 0.2) is 0 Å². The van der Waals surface area contributed by atoms with Crippen molar-refractivity contribution in [2.45, 2.75) is 12.6 Å². The third-order valence-electron chi connectivity index (χ3n) is 2.01. The van der Waals surface area contributed by atoms with Crippen LogP contribution in [0.4, 0.5) is 4.79 Å². The zero-order valence-corrected chi connectivity index (χ0v) is 8.90. The summed E-state index contributed by atoms with van der Waals surface area (Å²) in [6.07, 6.45) is -0.232. The first kappa shape index (κ1) is 11.5. The summed E-state index contributed by atoms with van der Waals surface area (Å²) >= 11 is 0. The average Bonchev–Trinajstić information content (AvgIpc) is 2.29. The van der Waals surface area contributed by atoms with Gasteiger partial charge in [-0.25, -0.2) is 4.79 Å². The van der Waals surface area contributed by atoms with Crippen LogP contribution < -0.4 is 5.32 Å². The van der Waals surface area contributed by atoms with Gasteiger partial charge in [0.1, 0.15) is 6.23 Å². The largest absolute Gasteiger partial charge is 0.453 e. The van der Waals surface area contributed by atoms with Gasteiger partial charge in [0, 0.05) is 13.5 Å². The van der Waals surface area contributed by atoms with Crippen molar-refractivity contribution in [2.24, 2.45) is 0 Å². The van der Waals surface area contributed by atoms with Crippen LogP contribution in [0, 0.1) is 0 Å². The van der Waals surface area contributed by atoms with Gasteiger partial charge in [0.05, 0.1) is 7.11 Å². The molecule has 4 nitrogen and oxygen atoms in total. The molecule has 0 spiro atoms. The molecule has 1 amide bonds. The first-order chi connectivity index (χ1) is 7.26. The standard InChI is InChI=1S/C11H15NO3/c1-14-10(12-11(13)15-2)8-9-6-4-3-5-7-9/h3-7,10H,8H2,1-2H3,(H,12,13). The second-order valence-corrected chi connectivity index (χ2v) is 3.05. The van der Waals surface area contributed by atoms with Crippen molar-refractivity contribution in [3.8, 4) is 0 Å². The maximum absolute atomic E-state index is 11.0. The van der Waals surface area contributed by atoms with E-state index in [2.05, 4.69) is 10.1 Å². The predicted octanol–water partition coefficient (Wildman–Crippen LogP) is 1.56. The Morgan fingerprint density at radius 2 is 2.00 bits per heavy atom. The van der Waals surface area contributed by atoms with E-state index < -0.39 is 6.09 Å². The van der Waals surface area contributed by atoms with Crippen LogP contribution in [0.2, 0.25) is 0 Å². The summed E-state index contributed by atoms with van der Waals surface area (Å²) in [4.78, 5) is 11.0. The second kappa shape index (κ2) is 6.03. The van der Waals surface area contributed by atoms with Gasteiger partial charge in [-0.05, 0) is 5.56 Å². The van der Waals surface area contributed by atoms with Crippen molar-refractivity contribution >= 4 is 6.09 Å². The van der Waals surface area contributed by atoms with Crippen molar-refractivity contribution in [1.82, 2.24) is 5.32 Å². The molecule has 15 heavy (non-hydrogen) atoms. The number of carbonyl (C=O) groups excluding carboxylic acids is 1.